The second-order valence-electron chi connectivity index (χ2n) is 7.72. The molecular weight excluding hydrogens is 383 g/mol. The molecule has 2 amide bonds. The van der Waals surface area contributed by atoms with Crippen LogP contribution in [0.15, 0.2) is 42.5 Å². The van der Waals surface area contributed by atoms with Crippen molar-refractivity contribution in [2.75, 3.05) is 19.0 Å². The average Bonchev–Trinajstić information content (AvgIpc) is 2.74. The van der Waals surface area contributed by atoms with Crippen LogP contribution in [-0.4, -0.2) is 30.4 Å². The Hall–Kier alpha value is -2.89. The lowest BCUT2D eigenvalue weighted by Gasteiger charge is -2.41. The molecule has 1 N–H and O–H groups in total. The van der Waals surface area contributed by atoms with Crippen molar-refractivity contribution in [2.45, 2.75) is 45.6 Å². The van der Waals surface area contributed by atoms with Gasteiger partial charge in [-0.1, -0.05) is 31.5 Å². The first kappa shape index (κ1) is 21.8. The number of piperidine rings is 1. The Morgan fingerprint density at radius 2 is 2.03 bits per heavy atom. The fourth-order valence-electron chi connectivity index (χ4n) is 4.11. The van der Waals surface area contributed by atoms with Crippen LogP contribution in [0.4, 0.5) is 10.1 Å². The van der Waals surface area contributed by atoms with Crippen LogP contribution >= 0.6 is 0 Å². The SMILES string of the molecule is CCCCN1C(=O)CC[C@H](C(=O)Nc2ccc(F)cc2C)[C@H]1c1ccccc1OC. The van der Waals surface area contributed by atoms with Crippen molar-refractivity contribution < 1.29 is 18.7 Å². The summed E-state index contributed by atoms with van der Waals surface area (Å²) in [5, 5.41) is 2.95. The van der Waals surface area contributed by atoms with Crippen molar-refractivity contribution in [1.29, 1.82) is 0 Å². The number of anilines is 1. The van der Waals surface area contributed by atoms with Gasteiger partial charge >= 0.3 is 0 Å². The van der Waals surface area contributed by atoms with Crippen LogP contribution in [0.25, 0.3) is 0 Å². The van der Waals surface area contributed by atoms with Gasteiger partial charge in [0.25, 0.3) is 0 Å². The molecule has 1 aliphatic rings. The van der Waals surface area contributed by atoms with Crippen molar-refractivity contribution in [1.82, 2.24) is 4.90 Å². The Morgan fingerprint density at radius 3 is 2.73 bits per heavy atom. The van der Waals surface area contributed by atoms with Crippen molar-refractivity contribution in [3.05, 3.63) is 59.4 Å². The van der Waals surface area contributed by atoms with E-state index in [1.165, 1.54) is 12.1 Å². The Kier molecular flexibility index (Phi) is 7.08. The fraction of sp³-hybridized carbons (Fsp3) is 0.417. The Balaban J connectivity index is 1.97. The number of amides is 2. The number of rotatable bonds is 7. The number of likely N-dealkylation sites (tertiary alicyclic amines) is 1. The number of ether oxygens (including phenoxy) is 1. The van der Waals surface area contributed by atoms with Crippen LogP contribution in [0, 0.1) is 18.7 Å². The summed E-state index contributed by atoms with van der Waals surface area (Å²) in [5.74, 6) is -0.225. The molecule has 1 heterocycles. The summed E-state index contributed by atoms with van der Waals surface area (Å²) in [4.78, 5) is 28.0. The normalized spacial score (nSPS) is 18.9. The van der Waals surface area contributed by atoms with Gasteiger partial charge in [0.1, 0.15) is 11.6 Å². The Labute approximate surface area is 177 Å². The lowest BCUT2D eigenvalue weighted by molar-refractivity contribution is -0.142. The summed E-state index contributed by atoms with van der Waals surface area (Å²) >= 11 is 0. The van der Waals surface area contributed by atoms with E-state index in [9.17, 15) is 14.0 Å². The van der Waals surface area contributed by atoms with Crippen LogP contribution in [-0.2, 0) is 9.59 Å². The predicted octanol–water partition coefficient (Wildman–Crippen LogP) is 4.86. The summed E-state index contributed by atoms with van der Waals surface area (Å²) in [6.07, 6.45) is 2.60. The number of hydrogen-bond donors (Lipinski definition) is 1. The highest BCUT2D eigenvalue weighted by Crippen LogP contribution is 2.41. The van der Waals surface area contributed by atoms with Crippen LogP contribution in [0.1, 0.15) is 49.8 Å². The number of methoxy groups -OCH3 is 1. The van der Waals surface area contributed by atoms with Gasteiger partial charge < -0.3 is 15.0 Å². The molecule has 1 fully saturated rings. The molecule has 6 heteroatoms. The molecule has 0 spiro atoms. The molecule has 30 heavy (non-hydrogen) atoms. The van der Waals surface area contributed by atoms with Crippen molar-refractivity contribution in [3.63, 3.8) is 0 Å². The summed E-state index contributed by atoms with van der Waals surface area (Å²) in [5.41, 5.74) is 2.07. The second-order valence-corrected chi connectivity index (χ2v) is 7.72. The van der Waals surface area contributed by atoms with Gasteiger partial charge in [0.15, 0.2) is 0 Å². The zero-order valence-electron chi connectivity index (χ0n) is 17.8. The molecule has 0 radical (unpaired) electrons. The molecule has 0 aromatic heterocycles. The van der Waals surface area contributed by atoms with E-state index in [0.29, 0.717) is 36.4 Å². The van der Waals surface area contributed by atoms with Crippen LogP contribution in [0.5, 0.6) is 5.75 Å². The van der Waals surface area contributed by atoms with E-state index in [0.717, 1.165) is 18.4 Å². The third kappa shape index (κ3) is 4.64. The minimum atomic E-state index is -0.430. The molecule has 1 aliphatic heterocycles. The number of nitrogens with one attached hydrogen (secondary N) is 1. The molecule has 5 nitrogen and oxygen atoms in total. The summed E-state index contributed by atoms with van der Waals surface area (Å²) in [7, 11) is 1.59. The van der Waals surface area contributed by atoms with E-state index < -0.39 is 12.0 Å². The molecular formula is C24H29FN2O3. The monoisotopic (exact) mass is 412 g/mol. The highest BCUT2D eigenvalue weighted by molar-refractivity contribution is 5.95. The summed E-state index contributed by atoms with van der Waals surface area (Å²) in [6, 6.07) is 11.4. The number of carbonyl (C=O) groups excluding carboxylic acids is 2. The van der Waals surface area contributed by atoms with E-state index in [2.05, 4.69) is 12.2 Å². The third-order valence-electron chi connectivity index (χ3n) is 5.70. The number of unbranched alkanes of at least 4 members (excludes halogenated alkanes) is 1. The van der Waals surface area contributed by atoms with Gasteiger partial charge in [0, 0.05) is 24.2 Å². The van der Waals surface area contributed by atoms with Gasteiger partial charge in [0.05, 0.1) is 19.1 Å². The largest absolute Gasteiger partial charge is 0.496 e. The summed E-state index contributed by atoms with van der Waals surface area (Å²) < 4.78 is 19.0. The first-order valence-corrected chi connectivity index (χ1v) is 10.5. The van der Waals surface area contributed by atoms with E-state index in [4.69, 9.17) is 4.74 Å². The predicted molar refractivity (Wildman–Crippen MR) is 115 cm³/mol. The van der Waals surface area contributed by atoms with Gasteiger partial charge in [-0.25, -0.2) is 4.39 Å². The van der Waals surface area contributed by atoms with Crippen molar-refractivity contribution >= 4 is 17.5 Å². The maximum Gasteiger partial charge on any atom is 0.229 e. The minimum absolute atomic E-state index is 0.0568. The van der Waals surface area contributed by atoms with Gasteiger partial charge in [-0.05, 0) is 49.6 Å². The van der Waals surface area contributed by atoms with Gasteiger partial charge in [-0.3, -0.25) is 9.59 Å². The molecule has 160 valence electrons. The maximum atomic E-state index is 13.4. The van der Waals surface area contributed by atoms with Crippen LogP contribution in [0.2, 0.25) is 0 Å². The lowest BCUT2D eigenvalue weighted by Crippen LogP contribution is -2.47. The highest BCUT2D eigenvalue weighted by atomic mass is 19.1. The molecule has 2 aromatic rings. The van der Waals surface area contributed by atoms with Crippen LogP contribution < -0.4 is 10.1 Å². The molecule has 0 bridgehead atoms. The second kappa shape index (κ2) is 9.74. The number of benzene rings is 2. The Morgan fingerprint density at radius 1 is 1.27 bits per heavy atom. The first-order valence-electron chi connectivity index (χ1n) is 10.5. The quantitative estimate of drug-likeness (QED) is 0.706. The molecule has 0 aliphatic carbocycles. The molecule has 3 rings (SSSR count). The first-order chi connectivity index (χ1) is 14.5. The fourth-order valence-corrected chi connectivity index (χ4v) is 4.11. The lowest BCUT2D eigenvalue weighted by atomic mass is 9.83. The number of para-hydroxylation sites is 1. The zero-order chi connectivity index (χ0) is 21.7. The average molecular weight is 413 g/mol. The molecule has 0 unspecified atom stereocenters. The molecule has 2 aromatic carbocycles. The van der Waals surface area contributed by atoms with Gasteiger partial charge in [-0.2, -0.15) is 0 Å². The molecule has 2 atom stereocenters. The number of aryl methyl sites for hydroxylation is 1. The van der Waals surface area contributed by atoms with E-state index in [1.54, 1.807) is 20.1 Å². The zero-order valence-corrected chi connectivity index (χ0v) is 17.8. The highest BCUT2D eigenvalue weighted by Gasteiger charge is 2.41. The minimum Gasteiger partial charge on any atom is -0.496 e. The van der Waals surface area contributed by atoms with Gasteiger partial charge in [0.2, 0.25) is 11.8 Å². The number of carbonyl (C=O) groups is 2. The number of hydrogen-bond acceptors (Lipinski definition) is 3. The van der Waals surface area contributed by atoms with Crippen molar-refractivity contribution in [2.24, 2.45) is 5.92 Å². The molecule has 1 saturated heterocycles. The van der Waals surface area contributed by atoms with E-state index in [-0.39, 0.29) is 17.6 Å². The topological polar surface area (TPSA) is 58.6 Å². The van der Waals surface area contributed by atoms with Crippen LogP contribution in [0.3, 0.4) is 0 Å². The third-order valence-corrected chi connectivity index (χ3v) is 5.70. The number of nitrogens with zero attached hydrogens (tertiary/aromatic N) is 1. The smallest absolute Gasteiger partial charge is 0.229 e. The number of halogens is 1. The van der Waals surface area contributed by atoms with E-state index in [1.807, 2.05) is 29.2 Å². The van der Waals surface area contributed by atoms with Gasteiger partial charge in [-0.15, -0.1) is 0 Å². The standard InChI is InChI=1S/C24H29FN2O3/c1-4-5-14-27-22(28)13-11-19(23(27)18-8-6-7-9-21(18)30-3)24(29)26-20-12-10-17(25)15-16(20)2/h6-10,12,15,19,23H,4-5,11,13-14H2,1-3H3,(H,26,29)/t19-,23+/m0/s1. The van der Waals surface area contributed by atoms with E-state index >= 15 is 0 Å². The maximum absolute atomic E-state index is 13.4. The Bertz CT molecular complexity index is 915. The molecule has 0 saturated carbocycles. The van der Waals surface area contributed by atoms with Crippen molar-refractivity contribution in [3.8, 4) is 5.75 Å². The summed E-state index contributed by atoms with van der Waals surface area (Å²) in [6.45, 7) is 4.43.